The van der Waals surface area contributed by atoms with Crippen molar-refractivity contribution in [3.05, 3.63) is 11.1 Å². The van der Waals surface area contributed by atoms with Gasteiger partial charge in [0.1, 0.15) is 0 Å². The Labute approximate surface area is 165 Å². The number of ether oxygens (including phenoxy) is 1. The van der Waals surface area contributed by atoms with Crippen LogP contribution in [-0.2, 0) is 16.1 Å². The number of aromatic nitrogens is 1. The second-order valence-electron chi connectivity index (χ2n) is 7.83. The minimum absolute atomic E-state index is 0.0729. The lowest BCUT2D eigenvalue weighted by Gasteiger charge is -2.21. The predicted octanol–water partition coefficient (Wildman–Crippen LogP) is 2.96. The van der Waals surface area contributed by atoms with Gasteiger partial charge < -0.3 is 9.64 Å². The second-order valence-corrected chi connectivity index (χ2v) is 8.67. The number of hydrogen-bond acceptors (Lipinski definition) is 6. The maximum atomic E-state index is 12.2. The lowest BCUT2D eigenvalue weighted by molar-refractivity contribution is -0.116. The van der Waals surface area contributed by atoms with Gasteiger partial charge in [-0.25, -0.2) is 9.78 Å². The average molecular weight is 395 g/mol. The van der Waals surface area contributed by atoms with E-state index in [0.29, 0.717) is 25.1 Å². The molecule has 1 aliphatic heterocycles. The molecule has 2 aliphatic rings. The molecular formula is C19H30N4O3S. The molecule has 0 spiro atoms. The summed E-state index contributed by atoms with van der Waals surface area (Å²) in [4.78, 5) is 34.7. The number of nitrogens with zero attached hydrogens (tertiary/aromatic N) is 4. The molecule has 2 fully saturated rings. The highest BCUT2D eigenvalue weighted by Gasteiger charge is 2.33. The molecule has 0 N–H and O–H groups in total. The molecule has 0 radical (unpaired) electrons. The summed E-state index contributed by atoms with van der Waals surface area (Å²) < 4.78 is 5.35. The van der Waals surface area contributed by atoms with Crippen LogP contribution in [0.5, 0.6) is 0 Å². The molecule has 2 amide bonds. The minimum Gasteiger partial charge on any atom is -0.449 e. The predicted molar refractivity (Wildman–Crippen MR) is 106 cm³/mol. The molecule has 27 heavy (non-hydrogen) atoms. The fraction of sp³-hybridized carbons (Fsp3) is 0.737. The van der Waals surface area contributed by atoms with Crippen LogP contribution in [0.4, 0.5) is 9.93 Å². The molecule has 3 rings (SSSR count). The molecule has 1 aromatic heterocycles. The summed E-state index contributed by atoms with van der Waals surface area (Å²) in [6.07, 6.45) is 2.87. The summed E-state index contributed by atoms with van der Waals surface area (Å²) >= 11 is 1.55. The van der Waals surface area contributed by atoms with Gasteiger partial charge in [0.15, 0.2) is 5.13 Å². The van der Waals surface area contributed by atoms with E-state index in [-0.39, 0.29) is 12.0 Å². The Balaban J connectivity index is 1.52. The van der Waals surface area contributed by atoms with Crippen molar-refractivity contribution in [3.8, 4) is 0 Å². The summed E-state index contributed by atoms with van der Waals surface area (Å²) in [6, 6.07) is 0.338. The standard InChI is InChI=1S/C19H30N4O3S/c1-14(2)12-26-19(25)22-8-4-7-21(9-10-22)11-16-13-27-18(20-16)23(15(3)24)17-5-6-17/h13-14,17H,4-12H2,1-3H3. The quantitative estimate of drug-likeness (QED) is 0.742. The zero-order valence-electron chi connectivity index (χ0n) is 16.5. The monoisotopic (exact) mass is 394 g/mol. The van der Waals surface area contributed by atoms with Crippen LogP contribution < -0.4 is 4.90 Å². The number of carbonyl (C=O) groups is 2. The summed E-state index contributed by atoms with van der Waals surface area (Å²) in [5.41, 5.74) is 0.998. The SMILES string of the molecule is CC(=O)N(c1nc(CN2CCCN(C(=O)OCC(C)C)CC2)cs1)C1CC1. The van der Waals surface area contributed by atoms with Crippen LogP contribution in [0.25, 0.3) is 0 Å². The fourth-order valence-electron chi connectivity index (χ4n) is 3.23. The van der Waals surface area contributed by atoms with Gasteiger partial charge in [-0.1, -0.05) is 13.8 Å². The molecule has 0 aromatic carbocycles. The lowest BCUT2D eigenvalue weighted by Crippen LogP contribution is -2.36. The van der Waals surface area contributed by atoms with Crippen LogP contribution in [0.3, 0.4) is 0 Å². The van der Waals surface area contributed by atoms with E-state index in [4.69, 9.17) is 9.72 Å². The Bertz CT molecular complexity index is 659. The van der Waals surface area contributed by atoms with Crippen LogP contribution >= 0.6 is 11.3 Å². The van der Waals surface area contributed by atoms with E-state index in [9.17, 15) is 9.59 Å². The van der Waals surface area contributed by atoms with Crippen LogP contribution in [0, 0.1) is 5.92 Å². The molecule has 1 aliphatic carbocycles. The highest BCUT2D eigenvalue weighted by molar-refractivity contribution is 7.14. The smallest absolute Gasteiger partial charge is 0.409 e. The third-order valence-electron chi connectivity index (χ3n) is 4.77. The first kappa shape index (κ1) is 20.1. The number of hydrogen-bond donors (Lipinski definition) is 0. The van der Waals surface area contributed by atoms with Gasteiger partial charge in [0.05, 0.1) is 12.3 Å². The van der Waals surface area contributed by atoms with Crippen molar-refractivity contribution >= 4 is 28.5 Å². The van der Waals surface area contributed by atoms with Gasteiger partial charge in [-0.3, -0.25) is 14.6 Å². The lowest BCUT2D eigenvalue weighted by atomic mass is 10.2. The first-order valence-corrected chi connectivity index (χ1v) is 10.7. The van der Waals surface area contributed by atoms with Crippen molar-refractivity contribution in [1.29, 1.82) is 0 Å². The highest BCUT2D eigenvalue weighted by atomic mass is 32.1. The van der Waals surface area contributed by atoms with Gasteiger partial charge in [0.2, 0.25) is 5.91 Å². The van der Waals surface area contributed by atoms with Gasteiger partial charge in [0, 0.05) is 51.1 Å². The van der Waals surface area contributed by atoms with E-state index in [1.807, 2.05) is 24.1 Å². The zero-order chi connectivity index (χ0) is 19.4. The van der Waals surface area contributed by atoms with Crippen molar-refractivity contribution in [3.63, 3.8) is 0 Å². The molecule has 7 nitrogen and oxygen atoms in total. The van der Waals surface area contributed by atoms with E-state index in [1.54, 1.807) is 23.2 Å². The zero-order valence-corrected chi connectivity index (χ0v) is 17.3. The van der Waals surface area contributed by atoms with Crippen molar-refractivity contribution in [1.82, 2.24) is 14.8 Å². The summed E-state index contributed by atoms with van der Waals surface area (Å²) in [5.74, 6) is 0.421. The van der Waals surface area contributed by atoms with E-state index in [2.05, 4.69) is 4.90 Å². The van der Waals surface area contributed by atoms with Crippen LogP contribution in [0.1, 0.15) is 45.7 Å². The van der Waals surface area contributed by atoms with Gasteiger partial charge >= 0.3 is 6.09 Å². The molecule has 0 atom stereocenters. The third kappa shape index (κ3) is 5.65. The molecule has 1 aromatic rings. The molecule has 1 saturated carbocycles. The molecule has 150 valence electrons. The van der Waals surface area contributed by atoms with Crippen molar-refractivity contribution in [2.24, 2.45) is 5.92 Å². The number of carbonyl (C=O) groups excluding carboxylic acids is 2. The van der Waals surface area contributed by atoms with Gasteiger partial charge in [-0.05, 0) is 25.2 Å². The Morgan fingerprint density at radius 1 is 1.30 bits per heavy atom. The van der Waals surface area contributed by atoms with Crippen LogP contribution in [0.2, 0.25) is 0 Å². The van der Waals surface area contributed by atoms with Crippen LogP contribution in [0.15, 0.2) is 5.38 Å². The molecule has 2 heterocycles. The van der Waals surface area contributed by atoms with Crippen molar-refractivity contribution in [2.75, 3.05) is 37.7 Å². The summed E-state index contributed by atoms with van der Waals surface area (Å²) in [7, 11) is 0. The molecule has 1 saturated heterocycles. The maximum Gasteiger partial charge on any atom is 0.409 e. The van der Waals surface area contributed by atoms with Gasteiger partial charge in [0.25, 0.3) is 0 Å². The third-order valence-corrected chi connectivity index (χ3v) is 5.66. The van der Waals surface area contributed by atoms with E-state index in [0.717, 1.165) is 56.3 Å². The van der Waals surface area contributed by atoms with E-state index < -0.39 is 0 Å². The molecule has 8 heteroatoms. The van der Waals surface area contributed by atoms with Gasteiger partial charge in [-0.15, -0.1) is 11.3 Å². The topological polar surface area (TPSA) is 66.0 Å². The van der Waals surface area contributed by atoms with Crippen molar-refractivity contribution in [2.45, 2.75) is 52.6 Å². The fourth-order valence-corrected chi connectivity index (χ4v) is 4.16. The first-order valence-electron chi connectivity index (χ1n) is 9.82. The number of thiazole rings is 1. The Hall–Kier alpha value is -1.67. The minimum atomic E-state index is -0.206. The second kappa shape index (κ2) is 9.01. The molecule has 0 bridgehead atoms. The Morgan fingerprint density at radius 2 is 2.07 bits per heavy atom. The molecular weight excluding hydrogens is 364 g/mol. The maximum absolute atomic E-state index is 12.2. The molecule has 0 unspecified atom stereocenters. The largest absolute Gasteiger partial charge is 0.449 e. The number of anilines is 1. The average Bonchev–Trinajstić information content (AvgIpc) is 3.37. The van der Waals surface area contributed by atoms with Crippen molar-refractivity contribution < 1.29 is 14.3 Å². The van der Waals surface area contributed by atoms with Crippen LogP contribution in [-0.4, -0.2) is 65.6 Å². The van der Waals surface area contributed by atoms with E-state index >= 15 is 0 Å². The Morgan fingerprint density at radius 3 is 2.74 bits per heavy atom. The number of rotatable bonds is 6. The normalized spacial score (nSPS) is 18.4. The van der Waals surface area contributed by atoms with E-state index in [1.165, 1.54) is 0 Å². The summed E-state index contributed by atoms with van der Waals surface area (Å²) in [5, 5.41) is 2.86. The summed E-state index contributed by atoms with van der Waals surface area (Å²) in [6.45, 7) is 10.1. The Kier molecular flexibility index (Phi) is 6.70. The highest BCUT2D eigenvalue weighted by Crippen LogP contribution is 2.33. The first-order chi connectivity index (χ1) is 12.9. The van der Waals surface area contributed by atoms with Gasteiger partial charge in [-0.2, -0.15) is 0 Å². The number of amides is 2.